The first kappa shape index (κ1) is 19.6. The SMILES string of the molecule is CC1CNC(=O)c2cnn3ccc(nc23)NC(C(=O)N(C)C)c2cc(F)ccc2O1. The van der Waals surface area contributed by atoms with Crippen molar-refractivity contribution in [3.8, 4) is 5.75 Å². The Kier molecular flexibility index (Phi) is 4.98. The average Bonchev–Trinajstić information content (AvgIpc) is 3.14. The Morgan fingerprint density at radius 2 is 2.13 bits per heavy atom. The standard InChI is InChI=1S/C20H21FN6O3/c1-11-9-22-19(28)14-10-23-27-7-6-16(25-18(14)27)24-17(20(29)26(2)3)13-8-12(21)4-5-15(13)30-11/h4-8,10-11,17H,9H2,1-3H3,(H,22,28)(H,24,25). The lowest BCUT2D eigenvalue weighted by Crippen LogP contribution is -2.35. The number of carbonyl (C=O) groups is 2. The van der Waals surface area contributed by atoms with Crippen LogP contribution in [0.5, 0.6) is 5.75 Å². The summed E-state index contributed by atoms with van der Waals surface area (Å²) < 4.78 is 21.6. The Morgan fingerprint density at radius 1 is 1.33 bits per heavy atom. The normalized spacial score (nSPS) is 18.9. The van der Waals surface area contributed by atoms with Gasteiger partial charge in [-0.2, -0.15) is 5.10 Å². The first-order chi connectivity index (χ1) is 14.3. The second kappa shape index (κ2) is 7.62. The van der Waals surface area contributed by atoms with E-state index in [-0.39, 0.29) is 18.4 Å². The highest BCUT2D eigenvalue weighted by molar-refractivity contribution is 5.99. The number of likely N-dealkylation sites (N-methyl/N-ethyl adjacent to an activating group) is 1. The molecule has 0 fully saturated rings. The topological polar surface area (TPSA) is 101 Å². The highest BCUT2D eigenvalue weighted by Gasteiger charge is 2.28. The van der Waals surface area contributed by atoms with Crippen LogP contribution in [-0.2, 0) is 4.79 Å². The number of nitrogens with one attached hydrogen (secondary N) is 2. The van der Waals surface area contributed by atoms with E-state index in [1.807, 2.05) is 0 Å². The van der Waals surface area contributed by atoms with Gasteiger partial charge < -0.3 is 20.3 Å². The summed E-state index contributed by atoms with van der Waals surface area (Å²) in [5.41, 5.74) is 0.964. The van der Waals surface area contributed by atoms with Crippen LogP contribution in [0.15, 0.2) is 36.7 Å². The highest BCUT2D eigenvalue weighted by atomic mass is 19.1. The molecule has 2 aromatic heterocycles. The van der Waals surface area contributed by atoms with Crippen LogP contribution in [0.2, 0.25) is 0 Å². The molecule has 0 spiro atoms. The maximum absolute atomic E-state index is 14.1. The average molecular weight is 412 g/mol. The molecule has 2 atom stereocenters. The molecule has 2 N–H and O–H groups in total. The number of aromatic nitrogens is 3. The third kappa shape index (κ3) is 3.63. The maximum atomic E-state index is 14.1. The summed E-state index contributed by atoms with van der Waals surface area (Å²) in [5.74, 6) is -0.474. The van der Waals surface area contributed by atoms with E-state index >= 15 is 0 Å². The fourth-order valence-corrected chi connectivity index (χ4v) is 3.23. The molecule has 2 amide bonds. The second-order valence-corrected chi connectivity index (χ2v) is 7.27. The lowest BCUT2D eigenvalue weighted by atomic mass is 10.0. The summed E-state index contributed by atoms with van der Waals surface area (Å²) >= 11 is 0. The van der Waals surface area contributed by atoms with E-state index in [0.29, 0.717) is 28.3 Å². The van der Waals surface area contributed by atoms with Gasteiger partial charge in [-0.1, -0.05) is 0 Å². The summed E-state index contributed by atoms with van der Waals surface area (Å²) in [6.45, 7) is 1.97. The zero-order chi connectivity index (χ0) is 21.4. The van der Waals surface area contributed by atoms with Crippen molar-refractivity contribution in [2.24, 2.45) is 0 Å². The van der Waals surface area contributed by atoms with Gasteiger partial charge in [-0.15, -0.1) is 0 Å². The fraction of sp³-hybridized carbons (Fsp3) is 0.300. The predicted molar refractivity (Wildman–Crippen MR) is 107 cm³/mol. The predicted octanol–water partition coefficient (Wildman–Crippen LogP) is 1.62. The van der Waals surface area contributed by atoms with Gasteiger partial charge >= 0.3 is 0 Å². The monoisotopic (exact) mass is 412 g/mol. The summed E-state index contributed by atoms with van der Waals surface area (Å²) in [6.07, 6.45) is 2.62. The van der Waals surface area contributed by atoms with Crippen molar-refractivity contribution in [2.75, 3.05) is 26.0 Å². The number of nitrogens with zero attached hydrogens (tertiary/aromatic N) is 4. The molecule has 2 unspecified atom stereocenters. The molecule has 4 rings (SSSR count). The summed E-state index contributed by atoms with van der Waals surface area (Å²) in [5, 5.41) is 10.00. The smallest absolute Gasteiger partial charge is 0.256 e. The van der Waals surface area contributed by atoms with Gasteiger partial charge in [0.1, 0.15) is 35.1 Å². The van der Waals surface area contributed by atoms with Crippen molar-refractivity contribution in [2.45, 2.75) is 19.1 Å². The van der Waals surface area contributed by atoms with Crippen LogP contribution in [0.4, 0.5) is 10.2 Å². The molecule has 3 aromatic rings. The Morgan fingerprint density at radius 3 is 2.90 bits per heavy atom. The number of hydrogen-bond acceptors (Lipinski definition) is 6. The lowest BCUT2D eigenvalue weighted by Gasteiger charge is -2.25. The van der Waals surface area contributed by atoms with Crippen LogP contribution < -0.4 is 15.4 Å². The Hall–Kier alpha value is -3.69. The van der Waals surface area contributed by atoms with E-state index in [1.165, 1.54) is 33.8 Å². The van der Waals surface area contributed by atoms with E-state index in [1.54, 1.807) is 33.3 Å². The lowest BCUT2D eigenvalue weighted by molar-refractivity contribution is -0.129. The third-order valence-electron chi connectivity index (χ3n) is 4.75. The number of benzene rings is 1. The van der Waals surface area contributed by atoms with Gasteiger partial charge in [-0.3, -0.25) is 9.59 Å². The highest BCUT2D eigenvalue weighted by Crippen LogP contribution is 2.31. The van der Waals surface area contributed by atoms with Crippen LogP contribution in [0.1, 0.15) is 28.9 Å². The molecule has 9 nitrogen and oxygen atoms in total. The molecule has 0 saturated carbocycles. The summed E-state index contributed by atoms with van der Waals surface area (Å²) in [4.78, 5) is 31.5. The molecular weight excluding hydrogens is 391 g/mol. The Bertz CT molecular complexity index is 1130. The van der Waals surface area contributed by atoms with E-state index < -0.39 is 18.0 Å². The van der Waals surface area contributed by atoms with Crippen LogP contribution in [0.3, 0.4) is 0 Å². The van der Waals surface area contributed by atoms with Crippen molar-refractivity contribution in [3.05, 3.63) is 53.6 Å². The van der Waals surface area contributed by atoms with Crippen LogP contribution in [0, 0.1) is 5.82 Å². The van der Waals surface area contributed by atoms with Crippen LogP contribution >= 0.6 is 0 Å². The molecule has 2 bridgehead atoms. The molecule has 30 heavy (non-hydrogen) atoms. The minimum atomic E-state index is -0.955. The number of carbonyl (C=O) groups excluding carboxylic acids is 2. The number of rotatable bonds is 1. The van der Waals surface area contributed by atoms with Gasteiger partial charge in [0.2, 0.25) is 5.91 Å². The molecule has 156 valence electrons. The van der Waals surface area contributed by atoms with E-state index in [0.717, 1.165) is 0 Å². The van der Waals surface area contributed by atoms with E-state index in [4.69, 9.17) is 4.74 Å². The van der Waals surface area contributed by atoms with Gasteiger partial charge in [-0.05, 0) is 31.2 Å². The fourth-order valence-electron chi connectivity index (χ4n) is 3.23. The molecule has 1 aromatic carbocycles. The molecule has 1 aliphatic heterocycles. The van der Waals surface area contributed by atoms with Gasteiger partial charge in [0.15, 0.2) is 5.65 Å². The van der Waals surface area contributed by atoms with Crippen LogP contribution in [0.25, 0.3) is 5.65 Å². The maximum Gasteiger partial charge on any atom is 0.256 e. The number of fused-ring (bicyclic) bond motifs is 2. The second-order valence-electron chi connectivity index (χ2n) is 7.27. The molecule has 0 radical (unpaired) electrons. The number of amides is 2. The molecule has 3 heterocycles. The van der Waals surface area contributed by atoms with E-state index in [2.05, 4.69) is 20.7 Å². The molecule has 0 aliphatic carbocycles. The number of halogens is 1. The van der Waals surface area contributed by atoms with Crippen molar-refractivity contribution in [1.29, 1.82) is 0 Å². The van der Waals surface area contributed by atoms with Crippen molar-refractivity contribution in [3.63, 3.8) is 0 Å². The Balaban J connectivity index is 1.89. The van der Waals surface area contributed by atoms with Crippen molar-refractivity contribution >= 4 is 23.3 Å². The number of hydrogen-bond donors (Lipinski definition) is 2. The number of ether oxygens (including phenoxy) is 1. The molecule has 1 aliphatic rings. The zero-order valence-electron chi connectivity index (χ0n) is 16.7. The minimum Gasteiger partial charge on any atom is -0.488 e. The molecular formula is C20H21FN6O3. The van der Waals surface area contributed by atoms with Crippen molar-refractivity contribution in [1.82, 2.24) is 24.8 Å². The largest absolute Gasteiger partial charge is 0.488 e. The van der Waals surface area contributed by atoms with Crippen LogP contribution in [-0.4, -0.2) is 58.1 Å². The molecule has 0 saturated heterocycles. The third-order valence-corrected chi connectivity index (χ3v) is 4.75. The summed E-state index contributed by atoms with van der Waals surface area (Å²) in [7, 11) is 3.23. The van der Waals surface area contributed by atoms with E-state index in [9.17, 15) is 14.0 Å². The van der Waals surface area contributed by atoms with Gasteiger partial charge in [0.05, 0.1) is 12.7 Å². The first-order valence-corrected chi connectivity index (χ1v) is 9.40. The first-order valence-electron chi connectivity index (χ1n) is 9.40. The van der Waals surface area contributed by atoms with Gasteiger partial charge in [-0.25, -0.2) is 13.9 Å². The number of anilines is 1. The summed E-state index contributed by atoms with van der Waals surface area (Å²) in [6, 6.07) is 4.68. The minimum absolute atomic E-state index is 0.201. The van der Waals surface area contributed by atoms with Gasteiger partial charge in [0.25, 0.3) is 5.91 Å². The Labute approximate surface area is 171 Å². The quantitative estimate of drug-likeness (QED) is 0.630. The van der Waals surface area contributed by atoms with Gasteiger partial charge in [0, 0.05) is 25.9 Å². The van der Waals surface area contributed by atoms with Crippen molar-refractivity contribution < 1.29 is 18.7 Å². The molecule has 10 heteroatoms. The zero-order valence-corrected chi connectivity index (χ0v) is 16.7.